The third-order valence-corrected chi connectivity index (χ3v) is 11.3. The second-order valence-electron chi connectivity index (χ2n) is 16.7. The Labute approximate surface area is 337 Å². The highest BCUT2D eigenvalue weighted by Gasteiger charge is 2.23. The Balaban J connectivity index is 3.50. The molecule has 0 heterocycles. The highest BCUT2D eigenvalue weighted by Crippen LogP contribution is 2.16. The molecule has 0 aromatic rings. The van der Waals surface area contributed by atoms with Crippen LogP contribution in [0.15, 0.2) is 24.3 Å². The molecule has 0 fully saturated rings. The maximum atomic E-state index is 12.5. The molecular weight excluding hydrogens is 667 g/mol. The Kier molecular flexibility index (Phi) is 43.6. The molecular formula is C49H95NO4. The zero-order valence-electron chi connectivity index (χ0n) is 36.4. The number of unbranched alkanes of at least 4 members (excludes halogenated alkanes) is 32. The van der Waals surface area contributed by atoms with Crippen LogP contribution in [0.5, 0.6) is 0 Å². The van der Waals surface area contributed by atoms with Crippen molar-refractivity contribution in [2.24, 2.45) is 0 Å². The van der Waals surface area contributed by atoms with E-state index < -0.39 is 24.2 Å². The molecule has 0 bridgehead atoms. The molecule has 0 aliphatic carbocycles. The first-order valence-corrected chi connectivity index (χ1v) is 24.1. The van der Waals surface area contributed by atoms with Gasteiger partial charge in [0, 0.05) is 0 Å². The van der Waals surface area contributed by atoms with Gasteiger partial charge in [-0.05, 0) is 44.9 Å². The standard InChI is InChI=1S/C49H95NO4/c1-3-5-7-9-11-13-15-16-17-18-19-20-21-22-23-24-25-26-27-28-29-30-31-32-33-34-36-38-40-42-44-48(53)49(54)50-46(45-51)47(52)43-41-39-37-35-14-12-10-8-6-4-2/h19-20,22-23,46-48,51-53H,3-18,21,24-45H2,1-2H3,(H,50,54)/b20-19-,23-22-. The fourth-order valence-electron chi connectivity index (χ4n) is 7.52. The molecule has 3 atom stereocenters. The maximum Gasteiger partial charge on any atom is 0.249 e. The normalized spacial score (nSPS) is 13.6. The largest absolute Gasteiger partial charge is 0.394 e. The summed E-state index contributed by atoms with van der Waals surface area (Å²) in [7, 11) is 0. The van der Waals surface area contributed by atoms with Crippen LogP contribution in [-0.2, 0) is 4.79 Å². The van der Waals surface area contributed by atoms with Gasteiger partial charge in [-0.1, -0.05) is 237 Å². The molecule has 0 aliphatic heterocycles. The van der Waals surface area contributed by atoms with Crippen molar-refractivity contribution in [3.8, 4) is 0 Å². The van der Waals surface area contributed by atoms with E-state index in [0.717, 1.165) is 38.5 Å². The van der Waals surface area contributed by atoms with Crippen LogP contribution in [0.4, 0.5) is 0 Å². The molecule has 4 N–H and O–H groups in total. The predicted octanol–water partition coefficient (Wildman–Crippen LogP) is 14.2. The fourth-order valence-corrected chi connectivity index (χ4v) is 7.52. The number of carbonyl (C=O) groups excluding carboxylic acids is 1. The minimum absolute atomic E-state index is 0.312. The molecule has 3 unspecified atom stereocenters. The Bertz CT molecular complexity index is 799. The zero-order chi connectivity index (χ0) is 39.4. The van der Waals surface area contributed by atoms with Crippen LogP contribution in [0, 0.1) is 0 Å². The quantitative estimate of drug-likeness (QED) is 0.0368. The van der Waals surface area contributed by atoms with Crippen molar-refractivity contribution in [1.82, 2.24) is 5.32 Å². The molecule has 0 spiro atoms. The summed E-state index contributed by atoms with van der Waals surface area (Å²) < 4.78 is 0. The Morgan fingerprint density at radius 2 is 0.759 bits per heavy atom. The number of hydrogen-bond donors (Lipinski definition) is 4. The summed E-state index contributed by atoms with van der Waals surface area (Å²) in [5, 5.41) is 33.2. The lowest BCUT2D eigenvalue weighted by molar-refractivity contribution is -0.131. The topological polar surface area (TPSA) is 89.8 Å². The monoisotopic (exact) mass is 762 g/mol. The van der Waals surface area contributed by atoms with E-state index in [2.05, 4.69) is 43.5 Å². The van der Waals surface area contributed by atoms with Gasteiger partial charge >= 0.3 is 0 Å². The van der Waals surface area contributed by atoms with Gasteiger partial charge in [-0.2, -0.15) is 0 Å². The van der Waals surface area contributed by atoms with Crippen LogP contribution in [-0.4, -0.2) is 46.1 Å². The molecule has 1 amide bonds. The third-order valence-electron chi connectivity index (χ3n) is 11.3. The summed E-state index contributed by atoms with van der Waals surface area (Å²) in [5.74, 6) is -0.471. The molecule has 0 saturated heterocycles. The van der Waals surface area contributed by atoms with E-state index >= 15 is 0 Å². The molecule has 0 saturated carbocycles. The number of carbonyl (C=O) groups is 1. The number of nitrogens with one attached hydrogen (secondary N) is 1. The van der Waals surface area contributed by atoms with Crippen molar-refractivity contribution < 1.29 is 20.1 Å². The van der Waals surface area contributed by atoms with E-state index in [-0.39, 0.29) is 6.61 Å². The molecule has 5 heteroatoms. The van der Waals surface area contributed by atoms with Gasteiger partial charge in [0.1, 0.15) is 6.10 Å². The van der Waals surface area contributed by atoms with Gasteiger partial charge in [0.15, 0.2) is 0 Å². The molecule has 0 aromatic carbocycles. The van der Waals surface area contributed by atoms with Crippen LogP contribution in [0.3, 0.4) is 0 Å². The highest BCUT2D eigenvalue weighted by atomic mass is 16.3. The number of aliphatic hydroxyl groups excluding tert-OH is 3. The number of amides is 1. The second-order valence-corrected chi connectivity index (χ2v) is 16.7. The maximum absolute atomic E-state index is 12.5. The molecule has 5 nitrogen and oxygen atoms in total. The van der Waals surface area contributed by atoms with Gasteiger partial charge in [-0.3, -0.25) is 4.79 Å². The molecule has 0 aromatic heterocycles. The van der Waals surface area contributed by atoms with Crippen molar-refractivity contribution >= 4 is 5.91 Å². The summed E-state index contributed by atoms with van der Waals surface area (Å²) in [6.07, 6.45) is 54.9. The Morgan fingerprint density at radius 3 is 1.11 bits per heavy atom. The Hall–Kier alpha value is -1.17. The van der Waals surface area contributed by atoms with Crippen LogP contribution < -0.4 is 5.32 Å². The first-order chi connectivity index (χ1) is 26.6. The van der Waals surface area contributed by atoms with E-state index in [1.54, 1.807) is 0 Å². The molecule has 0 radical (unpaired) electrons. The summed E-state index contributed by atoms with van der Waals surface area (Å²) in [4.78, 5) is 12.5. The Morgan fingerprint density at radius 1 is 0.444 bits per heavy atom. The lowest BCUT2D eigenvalue weighted by Gasteiger charge is -2.23. The first-order valence-electron chi connectivity index (χ1n) is 24.1. The number of hydrogen-bond acceptors (Lipinski definition) is 4. The van der Waals surface area contributed by atoms with E-state index in [4.69, 9.17) is 0 Å². The van der Waals surface area contributed by atoms with Crippen LogP contribution in [0.25, 0.3) is 0 Å². The molecule has 0 aliphatic rings. The van der Waals surface area contributed by atoms with Crippen molar-refractivity contribution in [3.05, 3.63) is 24.3 Å². The lowest BCUT2D eigenvalue weighted by atomic mass is 10.0. The summed E-state index contributed by atoms with van der Waals surface area (Å²) >= 11 is 0. The van der Waals surface area contributed by atoms with Crippen molar-refractivity contribution in [2.75, 3.05) is 6.61 Å². The summed E-state index contributed by atoms with van der Waals surface area (Å²) in [6, 6.07) is -0.708. The molecule has 54 heavy (non-hydrogen) atoms. The minimum atomic E-state index is -1.07. The van der Waals surface area contributed by atoms with Gasteiger partial charge in [0.2, 0.25) is 5.91 Å². The van der Waals surface area contributed by atoms with Gasteiger partial charge in [0.05, 0.1) is 18.8 Å². The number of rotatable bonds is 44. The average molecular weight is 762 g/mol. The molecule has 320 valence electrons. The first kappa shape index (κ1) is 52.8. The number of aliphatic hydroxyl groups is 3. The van der Waals surface area contributed by atoms with Crippen molar-refractivity contribution in [2.45, 2.75) is 276 Å². The van der Waals surface area contributed by atoms with E-state index in [0.29, 0.717) is 12.8 Å². The van der Waals surface area contributed by atoms with Gasteiger partial charge in [0.25, 0.3) is 0 Å². The van der Waals surface area contributed by atoms with Crippen molar-refractivity contribution in [3.63, 3.8) is 0 Å². The lowest BCUT2D eigenvalue weighted by Crippen LogP contribution is -2.49. The number of allylic oxidation sites excluding steroid dienone is 4. The average Bonchev–Trinajstić information content (AvgIpc) is 3.18. The smallest absolute Gasteiger partial charge is 0.249 e. The second kappa shape index (κ2) is 44.5. The third kappa shape index (κ3) is 39.1. The summed E-state index contributed by atoms with van der Waals surface area (Å²) in [6.45, 7) is 4.22. The summed E-state index contributed by atoms with van der Waals surface area (Å²) in [5.41, 5.74) is 0. The predicted molar refractivity (Wildman–Crippen MR) is 236 cm³/mol. The van der Waals surface area contributed by atoms with Crippen molar-refractivity contribution in [1.29, 1.82) is 0 Å². The molecule has 0 rings (SSSR count). The van der Waals surface area contributed by atoms with E-state index in [1.807, 2.05) is 0 Å². The van der Waals surface area contributed by atoms with E-state index in [1.165, 1.54) is 193 Å². The van der Waals surface area contributed by atoms with Crippen LogP contribution in [0.1, 0.15) is 258 Å². The minimum Gasteiger partial charge on any atom is -0.394 e. The highest BCUT2D eigenvalue weighted by molar-refractivity contribution is 5.80. The van der Waals surface area contributed by atoms with E-state index in [9.17, 15) is 20.1 Å². The van der Waals surface area contributed by atoms with Crippen LogP contribution >= 0.6 is 0 Å². The van der Waals surface area contributed by atoms with Gasteiger partial charge < -0.3 is 20.6 Å². The SMILES string of the molecule is CCCCCCCCCCC/C=C\C/C=C\CCCCCCCCCCCCCCCCC(O)C(=O)NC(CO)C(O)CCCCCCCCCCCC. The van der Waals surface area contributed by atoms with Gasteiger partial charge in [-0.15, -0.1) is 0 Å². The van der Waals surface area contributed by atoms with Gasteiger partial charge in [-0.25, -0.2) is 0 Å². The van der Waals surface area contributed by atoms with Crippen LogP contribution in [0.2, 0.25) is 0 Å². The fraction of sp³-hybridized carbons (Fsp3) is 0.898. The zero-order valence-corrected chi connectivity index (χ0v) is 36.4.